The van der Waals surface area contributed by atoms with Gasteiger partial charge in [-0.25, -0.2) is 0 Å². The molecule has 0 spiro atoms. The number of carbonyl (C=O) groups is 2. The van der Waals surface area contributed by atoms with Crippen LogP contribution in [0.4, 0.5) is 26.3 Å². The molecule has 2 aliphatic carbocycles. The topological polar surface area (TPSA) is 52.6 Å². The molecule has 39 heavy (non-hydrogen) atoms. The molecule has 0 N–H and O–H groups in total. The largest absolute Gasteiger partial charge is 0.573 e. The smallest absolute Gasteiger partial charge is 0.406 e. The minimum absolute atomic E-state index is 0.0678. The van der Waals surface area contributed by atoms with Crippen LogP contribution in [-0.4, -0.2) is 29.6 Å². The van der Waals surface area contributed by atoms with Crippen molar-refractivity contribution in [3.05, 3.63) is 59.7 Å². The van der Waals surface area contributed by atoms with Crippen molar-refractivity contribution in [2.75, 3.05) is 5.33 Å². The van der Waals surface area contributed by atoms with E-state index in [0.29, 0.717) is 0 Å². The number of rotatable bonds is 7. The van der Waals surface area contributed by atoms with Crippen LogP contribution in [0.15, 0.2) is 48.5 Å². The van der Waals surface area contributed by atoms with Crippen LogP contribution in [0.5, 0.6) is 11.5 Å². The standard InChI is InChI=1S/C13H12BrF3O2.C13H13F3O2.Br2/c14-8-11(18)12(6-1-7-12)9-2-4-10(5-3-9)19-13(15,16)17;1-9(17)12(7-2-8-12)10-3-5-11(6-4-10)18-13(14,15)16;1-2/h2-5H,1,6-8H2;3-6H,2,7-8H2,1H3;. The van der Waals surface area contributed by atoms with E-state index in [0.717, 1.165) is 49.7 Å². The number of halogens is 9. The normalized spacial score (nSPS) is 17.1. The van der Waals surface area contributed by atoms with Gasteiger partial charge in [0.1, 0.15) is 17.3 Å². The Bertz CT molecular complexity index is 1090. The molecule has 2 fully saturated rings. The first-order valence-electron chi connectivity index (χ1n) is 11.7. The molecule has 0 saturated heterocycles. The quantitative estimate of drug-likeness (QED) is 0.209. The fraction of sp³-hybridized carbons (Fsp3) is 0.462. The van der Waals surface area contributed by atoms with E-state index in [9.17, 15) is 35.9 Å². The van der Waals surface area contributed by atoms with Crippen LogP contribution >= 0.6 is 44.2 Å². The summed E-state index contributed by atoms with van der Waals surface area (Å²) in [5.74, 6) is -0.386. The summed E-state index contributed by atoms with van der Waals surface area (Å²) in [6.07, 6.45) is -4.42. The second-order valence-electron chi connectivity index (χ2n) is 9.13. The van der Waals surface area contributed by atoms with Crippen LogP contribution in [0, 0.1) is 0 Å². The molecular formula is C26H25Br3F6O4. The highest BCUT2D eigenvalue weighted by Gasteiger charge is 2.45. The van der Waals surface area contributed by atoms with E-state index in [1.165, 1.54) is 31.2 Å². The van der Waals surface area contributed by atoms with Gasteiger partial charge in [0.15, 0.2) is 5.78 Å². The van der Waals surface area contributed by atoms with Crippen molar-refractivity contribution in [3.63, 3.8) is 0 Å². The number of ether oxygens (including phenoxy) is 2. The van der Waals surface area contributed by atoms with Crippen LogP contribution in [0.3, 0.4) is 0 Å². The maximum atomic E-state index is 12.1. The average Bonchev–Trinajstić information content (AvgIpc) is 2.79. The van der Waals surface area contributed by atoms with Gasteiger partial charge < -0.3 is 9.47 Å². The number of benzene rings is 2. The van der Waals surface area contributed by atoms with Gasteiger partial charge in [-0.15, -0.1) is 26.3 Å². The lowest BCUT2D eigenvalue weighted by molar-refractivity contribution is -0.275. The van der Waals surface area contributed by atoms with Crippen molar-refractivity contribution < 1.29 is 45.4 Å². The third kappa shape index (κ3) is 8.69. The molecule has 0 bridgehead atoms. The van der Waals surface area contributed by atoms with Gasteiger partial charge in [-0.3, -0.25) is 9.59 Å². The average molecular weight is 755 g/mol. The van der Waals surface area contributed by atoms with E-state index in [-0.39, 0.29) is 28.4 Å². The predicted octanol–water partition coefficient (Wildman–Crippen LogP) is 9.26. The highest BCUT2D eigenvalue weighted by molar-refractivity contribution is 9.93. The molecule has 0 unspecified atom stereocenters. The van der Waals surface area contributed by atoms with Crippen molar-refractivity contribution in [1.29, 1.82) is 0 Å². The van der Waals surface area contributed by atoms with Gasteiger partial charge in [-0.2, -0.15) is 0 Å². The van der Waals surface area contributed by atoms with Crippen LogP contribution in [0.25, 0.3) is 0 Å². The number of Topliss-reactive ketones (excluding diaryl/α,β-unsaturated/α-hetero) is 2. The highest BCUT2D eigenvalue weighted by Crippen LogP contribution is 2.46. The number of hydrogen-bond donors (Lipinski definition) is 0. The molecule has 0 heterocycles. The summed E-state index contributed by atoms with van der Waals surface area (Å²) in [6.45, 7) is 1.53. The fourth-order valence-corrected chi connectivity index (χ4v) is 5.25. The van der Waals surface area contributed by atoms with E-state index in [4.69, 9.17) is 0 Å². The third-order valence-electron chi connectivity index (χ3n) is 7.02. The molecule has 0 aromatic heterocycles. The van der Waals surface area contributed by atoms with E-state index in [1.54, 1.807) is 24.3 Å². The summed E-state index contributed by atoms with van der Waals surface area (Å²) in [4.78, 5) is 23.6. The van der Waals surface area contributed by atoms with Crippen LogP contribution in [-0.2, 0) is 20.4 Å². The van der Waals surface area contributed by atoms with Crippen LogP contribution in [0.2, 0.25) is 0 Å². The molecule has 2 saturated carbocycles. The summed E-state index contributed by atoms with van der Waals surface area (Å²) in [5.41, 5.74) is 0.519. The minimum Gasteiger partial charge on any atom is -0.406 e. The molecule has 0 amide bonds. The molecule has 216 valence electrons. The van der Waals surface area contributed by atoms with Gasteiger partial charge >= 0.3 is 12.7 Å². The molecule has 0 aliphatic heterocycles. The lowest BCUT2D eigenvalue weighted by Gasteiger charge is -2.40. The van der Waals surface area contributed by atoms with Crippen molar-refractivity contribution in [2.45, 2.75) is 69.0 Å². The number of alkyl halides is 7. The lowest BCUT2D eigenvalue weighted by Crippen LogP contribution is -2.43. The first-order valence-corrected chi connectivity index (χ1v) is 16.5. The predicted molar refractivity (Wildman–Crippen MR) is 145 cm³/mol. The Labute approximate surface area is 245 Å². The van der Waals surface area contributed by atoms with E-state index in [1.807, 2.05) is 0 Å². The summed E-state index contributed by atoms with van der Waals surface area (Å²) >= 11 is 8.65. The zero-order valence-electron chi connectivity index (χ0n) is 20.6. The van der Waals surface area contributed by atoms with E-state index in [2.05, 4.69) is 53.7 Å². The zero-order valence-corrected chi connectivity index (χ0v) is 25.4. The molecule has 4 nitrogen and oxygen atoms in total. The molecule has 13 heteroatoms. The summed E-state index contributed by atoms with van der Waals surface area (Å²) in [5, 5.41) is 0.258. The summed E-state index contributed by atoms with van der Waals surface area (Å²) < 4.78 is 79.8. The Morgan fingerprint density at radius 2 is 1.05 bits per heavy atom. The molecular weight excluding hydrogens is 730 g/mol. The monoisotopic (exact) mass is 752 g/mol. The fourth-order valence-electron chi connectivity index (χ4n) is 4.71. The SMILES string of the molecule is BrBr.CC(=O)C1(c2ccc(OC(F)(F)F)cc2)CCC1.O=C(CBr)C1(c2ccc(OC(F)(F)F)cc2)CCC1. The molecule has 2 aromatic rings. The van der Waals surface area contributed by atoms with Gasteiger partial charge in [-0.1, -0.05) is 53.0 Å². The Hall–Kier alpha value is -1.60. The minimum atomic E-state index is -4.69. The molecule has 2 aromatic carbocycles. The third-order valence-corrected chi connectivity index (χ3v) is 7.53. The Morgan fingerprint density at radius 3 is 1.28 bits per heavy atom. The zero-order chi connectivity index (χ0) is 29.5. The first kappa shape index (κ1) is 33.6. The van der Waals surface area contributed by atoms with Gasteiger partial charge in [0.05, 0.1) is 16.2 Å². The van der Waals surface area contributed by atoms with Gasteiger partial charge in [0, 0.05) is 28.3 Å². The van der Waals surface area contributed by atoms with Crippen molar-refractivity contribution in [1.82, 2.24) is 0 Å². The summed E-state index contributed by atoms with van der Waals surface area (Å²) in [7, 11) is 0. The maximum Gasteiger partial charge on any atom is 0.573 e. The Morgan fingerprint density at radius 1 is 0.718 bits per heavy atom. The number of ketones is 2. The molecule has 4 rings (SSSR count). The first-order chi connectivity index (χ1) is 18.2. The van der Waals surface area contributed by atoms with Crippen LogP contribution < -0.4 is 9.47 Å². The van der Waals surface area contributed by atoms with Gasteiger partial charge in [0.2, 0.25) is 0 Å². The second kappa shape index (κ2) is 13.8. The Balaban J connectivity index is 0.000000258. The second-order valence-corrected chi connectivity index (χ2v) is 9.69. The van der Waals surface area contributed by atoms with Crippen molar-refractivity contribution >= 4 is 55.8 Å². The molecule has 2 aliphatic rings. The lowest BCUT2D eigenvalue weighted by atomic mass is 9.62. The molecule has 0 atom stereocenters. The summed E-state index contributed by atoms with van der Waals surface area (Å²) in [6, 6.07) is 11.2. The van der Waals surface area contributed by atoms with Gasteiger partial charge in [0.25, 0.3) is 0 Å². The maximum absolute atomic E-state index is 12.1. The van der Waals surface area contributed by atoms with Crippen molar-refractivity contribution in [2.24, 2.45) is 0 Å². The highest BCUT2D eigenvalue weighted by atomic mass is 80.9. The van der Waals surface area contributed by atoms with Gasteiger partial charge in [-0.05, 0) is 68.0 Å². The van der Waals surface area contributed by atoms with Crippen molar-refractivity contribution in [3.8, 4) is 11.5 Å². The Kier molecular flexibility index (Phi) is 11.9. The number of carbonyl (C=O) groups excluding carboxylic acids is 2. The van der Waals surface area contributed by atoms with E-state index >= 15 is 0 Å². The number of hydrogen-bond acceptors (Lipinski definition) is 4. The molecule has 0 radical (unpaired) electrons. The van der Waals surface area contributed by atoms with E-state index < -0.39 is 23.6 Å². The van der Waals surface area contributed by atoms with Crippen LogP contribution in [0.1, 0.15) is 56.6 Å².